The summed E-state index contributed by atoms with van der Waals surface area (Å²) in [5.74, 6) is -0.0688. The van der Waals surface area contributed by atoms with E-state index in [-0.39, 0.29) is 18.4 Å². The highest BCUT2D eigenvalue weighted by atomic mass is 79.9. The minimum Gasteiger partial charge on any atom is -0.357 e. The zero-order valence-electron chi connectivity index (χ0n) is 9.19. The summed E-state index contributed by atoms with van der Waals surface area (Å²) < 4.78 is 1.000. The Morgan fingerprint density at radius 2 is 2.18 bits per heavy atom. The van der Waals surface area contributed by atoms with Crippen LogP contribution >= 0.6 is 15.9 Å². The van der Waals surface area contributed by atoms with Gasteiger partial charge in [-0.05, 0) is 24.3 Å². The third kappa shape index (κ3) is 2.59. The number of carbonyl (C=O) groups is 1. The topological polar surface area (TPSA) is 56.1 Å². The number of carbonyl (C=O) groups excluding carboxylic acids is 1. The number of hydrogen-bond acceptors (Lipinski definition) is 3. The average Bonchev–Trinajstić information content (AvgIpc) is 2.33. The lowest BCUT2D eigenvalue weighted by Gasteiger charge is -2.35. The van der Waals surface area contributed by atoms with E-state index in [4.69, 9.17) is 5.26 Å². The lowest BCUT2D eigenvalue weighted by Crippen LogP contribution is -2.55. The van der Waals surface area contributed by atoms with Gasteiger partial charge in [-0.2, -0.15) is 5.26 Å². The molecule has 1 amide bonds. The lowest BCUT2D eigenvalue weighted by molar-refractivity contribution is -0.123. The van der Waals surface area contributed by atoms with Gasteiger partial charge >= 0.3 is 0 Å². The fourth-order valence-electron chi connectivity index (χ4n) is 1.95. The van der Waals surface area contributed by atoms with Gasteiger partial charge in [0.1, 0.15) is 6.04 Å². The van der Waals surface area contributed by atoms with Crippen molar-refractivity contribution in [1.29, 1.82) is 5.26 Å². The summed E-state index contributed by atoms with van der Waals surface area (Å²) in [5, 5.41) is 11.6. The first-order valence-corrected chi connectivity index (χ1v) is 6.18. The van der Waals surface area contributed by atoms with Crippen LogP contribution in [0.1, 0.15) is 6.42 Å². The highest BCUT2D eigenvalue weighted by Gasteiger charge is 2.29. The van der Waals surface area contributed by atoms with E-state index >= 15 is 0 Å². The molecule has 1 fully saturated rings. The lowest BCUT2D eigenvalue weighted by atomic mass is 10.1. The van der Waals surface area contributed by atoms with Crippen LogP contribution in [-0.2, 0) is 4.79 Å². The number of hydrogen-bond donors (Lipinski definition) is 1. The molecule has 1 aliphatic rings. The molecule has 2 rings (SSSR count). The highest BCUT2D eigenvalue weighted by Crippen LogP contribution is 2.22. The molecular formula is C12H12BrN3O. The third-order valence-corrected chi connectivity index (χ3v) is 3.30. The van der Waals surface area contributed by atoms with Crippen LogP contribution in [0.2, 0.25) is 0 Å². The normalized spacial score (nSPS) is 19.6. The van der Waals surface area contributed by atoms with Crippen LogP contribution in [0.4, 0.5) is 5.69 Å². The summed E-state index contributed by atoms with van der Waals surface area (Å²) in [6.07, 6.45) is 0.210. The Kier molecular flexibility index (Phi) is 3.64. The van der Waals surface area contributed by atoms with Gasteiger partial charge in [0.05, 0.1) is 12.5 Å². The molecule has 1 aliphatic heterocycles. The zero-order chi connectivity index (χ0) is 12.3. The van der Waals surface area contributed by atoms with Crippen LogP contribution in [0.25, 0.3) is 0 Å². The van der Waals surface area contributed by atoms with Crippen LogP contribution in [-0.4, -0.2) is 25.0 Å². The van der Waals surface area contributed by atoms with Crippen molar-refractivity contribution in [2.75, 3.05) is 18.0 Å². The van der Waals surface area contributed by atoms with Gasteiger partial charge in [0.2, 0.25) is 5.91 Å². The number of nitrogens with one attached hydrogen (secondary N) is 1. The molecule has 88 valence electrons. The number of nitrogens with zero attached hydrogens (tertiary/aromatic N) is 2. The monoisotopic (exact) mass is 293 g/mol. The molecule has 5 heteroatoms. The zero-order valence-corrected chi connectivity index (χ0v) is 10.8. The summed E-state index contributed by atoms with van der Waals surface area (Å²) in [7, 11) is 0. The molecule has 1 heterocycles. The van der Waals surface area contributed by atoms with E-state index in [1.807, 2.05) is 29.2 Å². The first kappa shape index (κ1) is 11.9. The second-order valence-corrected chi connectivity index (χ2v) is 4.75. The molecule has 1 aromatic rings. The maximum Gasteiger partial charge on any atom is 0.243 e. The van der Waals surface area contributed by atoms with E-state index in [1.165, 1.54) is 0 Å². The van der Waals surface area contributed by atoms with Crippen LogP contribution < -0.4 is 10.2 Å². The molecule has 0 spiro atoms. The molecule has 0 radical (unpaired) electrons. The van der Waals surface area contributed by atoms with Crippen molar-refractivity contribution < 1.29 is 4.79 Å². The summed E-state index contributed by atoms with van der Waals surface area (Å²) >= 11 is 3.38. The number of halogens is 1. The molecule has 1 aromatic carbocycles. The maximum absolute atomic E-state index is 11.7. The quantitative estimate of drug-likeness (QED) is 0.902. The van der Waals surface area contributed by atoms with Crippen molar-refractivity contribution >= 4 is 27.5 Å². The number of nitriles is 1. The molecule has 0 bridgehead atoms. The summed E-state index contributed by atoms with van der Waals surface area (Å²) in [5.41, 5.74) is 0.975. The minimum absolute atomic E-state index is 0.0688. The second-order valence-electron chi connectivity index (χ2n) is 3.84. The number of piperazine rings is 1. The van der Waals surface area contributed by atoms with Crippen molar-refractivity contribution in [1.82, 2.24) is 5.32 Å². The predicted molar refractivity (Wildman–Crippen MR) is 68.5 cm³/mol. The molecule has 1 atom stereocenters. The Morgan fingerprint density at radius 1 is 1.47 bits per heavy atom. The first-order valence-electron chi connectivity index (χ1n) is 5.39. The maximum atomic E-state index is 11.7. The van der Waals surface area contributed by atoms with Gasteiger partial charge in [-0.25, -0.2) is 0 Å². The Balaban J connectivity index is 2.25. The molecule has 4 nitrogen and oxygen atoms in total. The number of benzene rings is 1. The van der Waals surface area contributed by atoms with Gasteiger partial charge in [0.25, 0.3) is 0 Å². The van der Waals surface area contributed by atoms with E-state index < -0.39 is 0 Å². The Bertz CT molecular complexity index is 452. The van der Waals surface area contributed by atoms with Crippen molar-refractivity contribution in [2.45, 2.75) is 12.5 Å². The molecule has 1 saturated heterocycles. The van der Waals surface area contributed by atoms with Crippen molar-refractivity contribution in [3.63, 3.8) is 0 Å². The number of anilines is 1. The van der Waals surface area contributed by atoms with Crippen LogP contribution in [0.3, 0.4) is 0 Å². The molecule has 0 saturated carbocycles. The van der Waals surface area contributed by atoms with Gasteiger partial charge in [-0.3, -0.25) is 4.79 Å². The molecule has 0 aromatic heterocycles. The second kappa shape index (κ2) is 5.19. The largest absolute Gasteiger partial charge is 0.357 e. The Labute approximate surface area is 108 Å². The standard InChI is InChI=1S/C12H12BrN3O/c13-9-1-3-10(4-2-9)16-8-7-15-12(17)11(16)5-6-14/h1-4,11H,5,7-8H2,(H,15,17). The molecule has 1 unspecified atom stereocenters. The van der Waals surface area contributed by atoms with E-state index in [0.29, 0.717) is 6.54 Å². The number of amides is 1. The summed E-state index contributed by atoms with van der Waals surface area (Å²) in [6.45, 7) is 1.36. The SMILES string of the molecule is N#CCC1C(=O)NCCN1c1ccc(Br)cc1. The summed E-state index contributed by atoms with van der Waals surface area (Å²) in [6, 6.07) is 9.46. The molecule has 1 N–H and O–H groups in total. The molecular weight excluding hydrogens is 282 g/mol. The highest BCUT2D eigenvalue weighted by molar-refractivity contribution is 9.10. The van der Waals surface area contributed by atoms with Gasteiger partial charge in [-0.1, -0.05) is 15.9 Å². The summed E-state index contributed by atoms with van der Waals surface area (Å²) in [4.78, 5) is 13.7. The Morgan fingerprint density at radius 3 is 2.82 bits per heavy atom. The fourth-order valence-corrected chi connectivity index (χ4v) is 2.21. The Hall–Kier alpha value is -1.54. The van der Waals surface area contributed by atoms with E-state index in [9.17, 15) is 4.79 Å². The fraction of sp³-hybridized carbons (Fsp3) is 0.333. The van der Waals surface area contributed by atoms with Crippen molar-refractivity contribution in [3.8, 4) is 6.07 Å². The first-order chi connectivity index (χ1) is 8.22. The smallest absolute Gasteiger partial charge is 0.243 e. The van der Waals surface area contributed by atoms with Gasteiger partial charge in [0.15, 0.2) is 0 Å². The van der Waals surface area contributed by atoms with E-state index in [1.54, 1.807) is 0 Å². The van der Waals surface area contributed by atoms with E-state index in [0.717, 1.165) is 16.7 Å². The molecule has 0 aliphatic carbocycles. The number of rotatable bonds is 2. The van der Waals surface area contributed by atoms with Crippen LogP contribution in [0.5, 0.6) is 0 Å². The van der Waals surface area contributed by atoms with Crippen molar-refractivity contribution in [2.24, 2.45) is 0 Å². The van der Waals surface area contributed by atoms with Gasteiger partial charge in [-0.15, -0.1) is 0 Å². The van der Waals surface area contributed by atoms with Gasteiger partial charge in [0, 0.05) is 23.2 Å². The predicted octanol–water partition coefficient (Wildman–Crippen LogP) is 1.67. The van der Waals surface area contributed by atoms with Crippen LogP contribution in [0, 0.1) is 11.3 Å². The van der Waals surface area contributed by atoms with E-state index in [2.05, 4.69) is 27.3 Å². The van der Waals surface area contributed by atoms with Gasteiger partial charge < -0.3 is 10.2 Å². The average molecular weight is 294 g/mol. The molecule has 17 heavy (non-hydrogen) atoms. The third-order valence-electron chi connectivity index (χ3n) is 2.77. The van der Waals surface area contributed by atoms with Crippen molar-refractivity contribution in [3.05, 3.63) is 28.7 Å². The minimum atomic E-state index is -0.380. The van der Waals surface area contributed by atoms with Crippen LogP contribution in [0.15, 0.2) is 28.7 Å².